The summed E-state index contributed by atoms with van der Waals surface area (Å²) in [5.41, 5.74) is 0. The smallest absolute Gasteiger partial charge is 0.217 e. The number of rotatable bonds is 5. The molecule has 1 unspecified atom stereocenters. The van der Waals surface area contributed by atoms with E-state index in [0.29, 0.717) is 10.6 Å². The number of carbonyl (C=O) groups excluding carboxylic acids is 1. The molecular weight excluding hydrogens is 317 g/mol. The molecule has 22 heavy (non-hydrogen) atoms. The summed E-state index contributed by atoms with van der Waals surface area (Å²) in [6, 6.07) is 18.1. The summed E-state index contributed by atoms with van der Waals surface area (Å²) < 4.78 is 13.9. The highest BCUT2D eigenvalue weighted by Crippen LogP contribution is 2.50. The average Bonchev–Trinajstić information content (AvgIpc) is 2.53. The zero-order valence-electron chi connectivity index (χ0n) is 12.2. The van der Waals surface area contributed by atoms with Crippen LogP contribution >= 0.6 is 18.7 Å². The van der Waals surface area contributed by atoms with Gasteiger partial charge in [-0.25, -0.2) is 0 Å². The van der Waals surface area contributed by atoms with Crippen LogP contribution in [0, 0.1) is 0 Å². The zero-order valence-corrected chi connectivity index (χ0v) is 13.8. The molecule has 0 aliphatic heterocycles. The Morgan fingerprint density at radius 2 is 1.45 bits per heavy atom. The van der Waals surface area contributed by atoms with Crippen LogP contribution in [0.5, 0.6) is 0 Å². The Labute approximate surface area is 135 Å². The molecule has 0 saturated heterocycles. The number of benzene rings is 2. The second-order valence-corrected chi connectivity index (χ2v) is 8.23. The number of hydrogen-bond acceptors (Lipinski definition) is 2. The molecule has 0 aromatic heterocycles. The van der Waals surface area contributed by atoms with Crippen molar-refractivity contribution in [3.63, 3.8) is 0 Å². The van der Waals surface area contributed by atoms with Crippen molar-refractivity contribution in [3.05, 3.63) is 72.3 Å². The number of nitrogens with one attached hydrogen (secondary N) is 1. The zero-order chi connectivity index (χ0) is 16.2. The fourth-order valence-corrected chi connectivity index (χ4v) is 5.65. The van der Waals surface area contributed by atoms with Gasteiger partial charge in [0, 0.05) is 22.6 Å². The molecule has 5 heteroatoms. The first-order valence-corrected chi connectivity index (χ1v) is 8.94. The lowest BCUT2D eigenvalue weighted by Crippen LogP contribution is -2.39. The second kappa shape index (κ2) is 6.95. The van der Waals surface area contributed by atoms with Gasteiger partial charge < -0.3 is 9.88 Å². The van der Waals surface area contributed by atoms with E-state index >= 15 is 0 Å². The standard InChI is InChI=1S/C17H17ClNO2P/c1-13(18)17(19-14(2)20)22(21,15-9-5-3-6-10-15)16-11-7-4-8-12-16/h3-12,17H,1H2,2H3,(H,19,20). The van der Waals surface area contributed by atoms with E-state index in [1.54, 1.807) is 24.3 Å². The highest BCUT2D eigenvalue weighted by atomic mass is 35.5. The minimum atomic E-state index is -3.21. The monoisotopic (exact) mass is 333 g/mol. The van der Waals surface area contributed by atoms with Crippen molar-refractivity contribution in [1.82, 2.24) is 5.32 Å². The van der Waals surface area contributed by atoms with Crippen molar-refractivity contribution in [1.29, 1.82) is 0 Å². The largest absolute Gasteiger partial charge is 0.341 e. The van der Waals surface area contributed by atoms with E-state index in [4.69, 9.17) is 11.6 Å². The maximum Gasteiger partial charge on any atom is 0.217 e. The molecule has 114 valence electrons. The molecule has 0 saturated carbocycles. The number of halogens is 1. The summed E-state index contributed by atoms with van der Waals surface area (Å²) in [5.74, 6) is -1.16. The number of amides is 1. The van der Waals surface area contributed by atoms with E-state index in [1.165, 1.54) is 6.92 Å². The first kappa shape index (κ1) is 16.5. The molecule has 2 aromatic carbocycles. The van der Waals surface area contributed by atoms with Crippen LogP contribution in [-0.4, -0.2) is 11.7 Å². The maximum absolute atomic E-state index is 13.9. The van der Waals surface area contributed by atoms with Gasteiger partial charge in [-0.15, -0.1) is 0 Å². The first-order valence-electron chi connectivity index (χ1n) is 6.78. The molecule has 3 nitrogen and oxygen atoms in total. The molecule has 2 rings (SSSR count). The van der Waals surface area contributed by atoms with Gasteiger partial charge in [0.05, 0.1) is 0 Å². The van der Waals surface area contributed by atoms with Gasteiger partial charge >= 0.3 is 0 Å². The molecule has 0 bridgehead atoms. The summed E-state index contributed by atoms with van der Waals surface area (Å²) in [6.45, 7) is 5.07. The average molecular weight is 334 g/mol. The van der Waals surface area contributed by atoms with Gasteiger partial charge in [-0.1, -0.05) is 78.8 Å². The fraction of sp³-hybridized carbons (Fsp3) is 0.118. The van der Waals surface area contributed by atoms with Crippen molar-refractivity contribution in [2.45, 2.75) is 12.7 Å². The highest BCUT2D eigenvalue weighted by Gasteiger charge is 2.38. The summed E-state index contributed by atoms with van der Waals surface area (Å²) >= 11 is 6.09. The SMILES string of the molecule is C=C(Cl)C(NC(C)=O)P(=O)(c1ccccc1)c1ccccc1. The number of hydrogen-bond donors (Lipinski definition) is 1. The molecule has 1 N–H and O–H groups in total. The third kappa shape index (κ3) is 3.32. The van der Waals surface area contributed by atoms with Crippen LogP contribution in [0.4, 0.5) is 0 Å². The molecule has 2 aromatic rings. The molecule has 0 fully saturated rings. The summed E-state index contributed by atoms with van der Waals surface area (Å²) in [7, 11) is -3.21. The van der Waals surface area contributed by atoms with Gasteiger partial charge in [0.15, 0.2) is 7.14 Å². The third-order valence-electron chi connectivity index (χ3n) is 3.28. The number of carbonyl (C=O) groups is 1. The minimum Gasteiger partial charge on any atom is -0.341 e. The lowest BCUT2D eigenvalue weighted by molar-refractivity contribution is -0.119. The summed E-state index contributed by atoms with van der Waals surface area (Å²) in [6.07, 6.45) is 0. The fourth-order valence-electron chi connectivity index (χ4n) is 2.31. The van der Waals surface area contributed by atoms with Gasteiger partial charge in [-0.2, -0.15) is 0 Å². The quantitative estimate of drug-likeness (QED) is 0.854. The van der Waals surface area contributed by atoms with Gasteiger partial charge in [-0.05, 0) is 0 Å². The summed E-state index contributed by atoms with van der Waals surface area (Å²) in [4.78, 5) is 11.5. The Balaban J connectivity index is 2.67. The molecule has 0 aliphatic rings. The normalized spacial score (nSPS) is 12.5. The lowest BCUT2D eigenvalue weighted by atomic mass is 10.4. The molecule has 1 amide bonds. The Bertz CT molecular complexity index is 672. The molecule has 1 atom stereocenters. The molecule has 0 spiro atoms. The van der Waals surface area contributed by atoms with Crippen LogP contribution in [0.3, 0.4) is 0 Å². The maximum atomic E-state index is 13.9. The predicted octanol–water partition coefficient (Wildman–Crippen LogP) is 3.22. The van der Waals surface area contributed by atoms with E-state index in [0.717, 1.165) is 0 Å². The van der Waals surface area contributed by atoms with Crippen LogP contribution in [0.1, 0.15) is 6.92 Å². The van der Waals surface area contributed by atoms with Crippen LogP contribution in [0.15, 0.2) is 72.3 Å². The van der Waals surface area contributed by atoms with Crippen LogP contribution in [-0.2, 0) is 9.36 Å². The minimum absolute atomic E-state index is 0.145. The van der Waals surface area contributed by atoms with E-state index in [2.05, 4.69) is 11.9 Å². The predicted molar refractivity (Wildman–Crippen MR) is 92.4 cm³/mol. The van der Waals surface area contributed by atoms with Crippen LogP contribution < -0.4 is 15.9 Å². The Morgan fingerprint density at radius 1 is 1.05 bits per heavy atom. The van der Waals surface area contributed by atoms with Gasteiger partial charge in [-0.3, -0.25) is 4.79 Å². The third-order valence-corrected chi connectivity index (χ3v) is 6.95. The second-order valence-electron chi connectivity index (χ2n) is 4.88. The van der Waals surface area contributed by atoms with Gasteiger partial charge in [0.1, 0.15) is 5.78 Å². The molecule has 0 radical (unpaired) electrons. The van der Waals surface area contributed by atoms with Crippen molar-refractivity contribution in [3.8, 4) is 0 Å². The Hall–Kier alpha value is -1.83. The van der Waals surface area contributed by atoms with E-state index in [1.807, 2.05) is 36.4 Å². The molecule has 0 heterocycles. The highest BCUT2D eigenvalue weighted by molar-refractivity contribution is 7.79. The van der Waals surface area contributed by atoms with Crippen LogP contribution in [0.25, 0.3) is 0 Å². The molecule has 0 aliphatic carbocycles. The Morgan fingerprint density at radius 3 is 1.77 bits per heavy atom. The van der Waals surface area contributed by atoms with E-state index in [9.17, 15) is 9.36 Å². The lowest BCUT2D eigenvalue weighted by Gasteiger charge is -2.28. The van der Waals surface area contributed by atoms with E-state index < -0.39 is 12.9 Å². The van der Waals surface area contributed by atoms with Crippen LogP contribution in [0.2, 0.25) is 0 Å². The first-order chi connectivity index (χ1) is 10.5. The van der Waals surface area contributed by atoms with Gasteiger partial charge in [0.25, 0.3) is 0 Å². The topological polar surface area (TPSA) is 46.2 Å². The molecular formula is C17H17ClNO2P. The van der Waals surface area contributed by atoms with Gasteiger partial charge in [0.2, 0.25) is 5.91 Å². The summed E-state index contributed by atoms with van der Waals surface area (Å²) in [5, 5.41) is 4.08. The van der Waals surface area contributed by atoms with Crippen molar-refractivity contribution in [2.24, 2.45) is 0 Å². The van der Waals surface area contributed by atoms with Crippen molar-refractivity contribution < 1.29 is 9.36 Å². The Kier molecular flexibility index (Phi) is 5.23. The van der Waals surface area contributed by atoms with Crippen molar-refractivity contribution in [2.75, 3.05) is 0 Å². The van der Waals surface area contributed by atoms with Crippen molar-refractivity contribution >= 4 is 35.3 Å². The van der Waals surface area contributed by atoms with E-state index in [-0.39, 0.29) is 10.9 Å².